The number of halogens is 2. The molecule has 0 saturated heterocycles. The lowest BCUT2D eigenvalue weighted by molar-refractivity contribution is 0.264. The van der Waals surface area contributed by atoms with E-state index in [4.69, 9.17) is 0 Å². The predicted molar refractivity (Wildman–Crippen MR) is 78.3 cm³/mol. The molecule has 1 N–H and O–H groups in total. The summed E-state index contributed by atoms with van der Waals surface area (Å²) in [6, 6.07) is 5.77. The van der Waals surface area contributed by atoms with Crippen molar-refractivity contribution in [1.82, 2.24) is 0 Å². The van der Waals surface area contributed by atoms with Crippen LogP contribution in [0.1, 0.15) is 39.5 Å². The van der Waals surface area contributed by atoms with E-state index in [0.717, 1.165) is 17.5 Å². The Kier molecular flexibility index (Phi) is 4.66. The average molecular weight is 314 g/mol. The zero-order valence-electron chi connectivity index (χ0n) is 11.0. The van der Waals surface area contributed by atoms with Crippen LogP contribution in [0.2, 0.25) is 0 Å². The average Bonchev–Trinajstić information content (AvgIpc) is 2.34. The molecule has 0 aliphatic heterocycles. The Morgan fingerprint density at radius 2 is 2.11 bits per heavy atom. The standard InChI is InChI=1S/C15H21BrFN/c1-10(2)11-4-3-5-12(8-11)18-13-6-7-14(16)15(17)9-13/h6-7,9-12,18H,3-5,8H2,1-2H3. The highest BCUT2D eigenvalue weighted by Gasteiger charge is 2.24. The minimum Gasteiger partial charge on any atom is -0.382 e. The molecule has 1 aromatic carbocycles. The van der Waals surface area contributed by atoms with Gasteiger partial charge in [-0.3, -0.25) is 0 Å². The van der Waals surface area contributed by atoms with Gasteiger partial charge in [-0.05, 0) is 58.8 Å². The number of rotatable bonds is 3. The van der Waals surface area contributed by atoms with Crippen molar-refractivity contribution in [2.75, 3.05) is 5.32 Å². The molecule has 1 nitrogen and oxygen atoms in total. The van der Waals surface area contributed by atoms with E-state index in [1.807, 2.05) is 6.07 Å². The summed E-state index contributed by atoms with van der Waals surface area (Å²) in [7, 11) is 0. The summed E-state index contributed by atoms with van der Waals surface area (Å²) in [5, 5.41) is 3.47. The van der Waals surface area contributed by atoms with E-state index >= 15 is 0 Å². The number of nitrogens with one attached hydrogen (secondary N) is 1. The fraction of sp³-hybridized carbons (Fsp3) is 0.600. The highest BCUT2D eigenvalue weighted by atomic mass is 79.9. The minimum absolute atomic E-state index is 0.198. The number of benzene rings is 1. The van der Waals surface area contributed by atoms with E-state index in [9.17, 15) is 4.39 Å². The van der Waals surface area contributed by atoms with E-state index in [1.54, 1.807) is 12.1 Å². The van der Waals surface area contributed by atoms with Crippen LogP contribution in [0.15, 0.2) is 22.7 Å². The number of anilines is 1. The molecule has 3 heteroatoms. The first-order valence-corrected chi connectivity index (χ1v) is 7.57. The Hall–Kier alpha value is -0.570. The zero-order valence-corrected chi connectivity index (χ0v) is 12.6. The van der Waals surface area contributed by atoms with Gasteiger partial charge in [0.15, 0.2) is 0 Å². The molecule has 2 unspecified atom stereocenters. The van der Waals surface area contributed by atoms with Gasteiger partial charge in [0.25, 0.3) is 0 Å². The number of hydrogen-bond acceptors (Lipinski definition) is 1. The Balaban J connectivity index is 1.98. The molecule has 2 rings (SSSR count). The molecule has 0 aromatic heterocycles. The molecule has 0 heterocycles. The van der Waals surface area contributed by atoms with Crippen LogP contribution in [0.25, 0.3) is 0 Å². The van der Waals surface area contributed by atoms with Gasteiger partial charge in [-0.15, -0.1) is 0 Å². The molecule has 0 amide bonds. The molecular formula is C15H21BrFN. The summed E-state index contributed by atoms with van der Waals surface area (Å²) in [6.45, 7) is 4.60. The molecule has 18 heavy (non-hydrogen) atoms. The summed E-state index contributed by atoms with van der Waals surface area (Å²) < 4.78 is 14.0. The maximum absolute atomic E-state index is 13.5. The van der Waals surface area contributed by atoms with Crippen molar-refractivity contribution in [2.24, 2.45) is 11.8 Å². The third-order valence-corrected chi connectivity index (χ3v) is 4.59. The van der Waals surface area contributed by atoms with Crippen molar-refractivity contribution in [1.29, 1.82) is 0 Å². The van der Waals surface area contributed by atoms with Crippen molar-refractivity contribution in [2.45, 2.75) is 45.6 Å². The van der Waals surface area contributed by atoms with Gasteiger partial charge in [-0.2, -0.15) is 0 Å². The van der Waals surface area contributed by atoms with Gasteiger partial charge in [0.1, 0.15) is 5.82 Å². The Bertz CT molecular complexity index is 405. The zero-order chi connectivity index (χ0) is 13.1. The fourth-order valence-electron chi connectivity index (χ4n) is 2.79. The van der Waals surface area contributed by atoms with Gasteiger partial charge in [-0.1, -0.05) is 26.7 Å². The lowest BCUT2D eigenvalue weighted by atomic mass is 9.79. The normalized spacial score (nSPS) is 24.3. The first kappa shape index (κ1) is 13.9. The van der Waals surface area contributed by atoms with E-state index in [1.165, 1.54) is 25.7 Å². The Morgan fingerprint density at radius 3 is 2.78 bits per heavy atom. The molecule has 0 spiro atoms. The molecule has 1 aliphatic rings. The van der Waals surface area contributed by atoms with Crippen LogP contribution in [0.4, 0.5) is 10.1 Å². The summed E-state index contributed by atoms with van der Waals surface area (Å²) >= 11 is 3.18. The molecule has 0 radical (unpaired) electrons. The first-order chi connectivity index (χ1) is 8.56. The second kappa shape index (κ2) is 6.05. The van der Waals surface area contributed by atoms with Gasteiger partial charge in [0, 0.05) is 11.7 Å². The predicted octanol–water partition coefficient (Wildman–Crippen LogP) is 5.21. The van der Waals surface area contributed by atoms with Gasteiger partial charge in [0.2, 0.25) is 0 Å². The quantitative estimate of drug-likeness (QED) is 0.807. The van der Waals surface area contributed by atoms with E-state index in [2.05, 4.69) is 35.1 Å². The van der Waals surface area contributed by atoms with Crippen LogP contribution in [-0.2, 0) is 0 Å². The van der Waals surface area contributed by atoms with Gasteiger partial charge >= 0.3 is 0 Å². The summed E-state index contributed by atoms with van der Waals surface area (Å²) in [6.07, 6.45) is 5.01. The highest BCUT2D eigenvalue weighted by Crippen LogP contribution is 2.32. The smallest absolute Gasteiger partial charge is 0.139 e. The van der Waals surface area contributed by atoms with E-state index in [-0.39, 0.29) is 5.82 Å². The maximum Gasteiger partial charge on any atom is 0.139 e. The van der Waals surface area contributed by atoms with Crippen molar-refractivity contribution >= 4 is 21.6 Å². The molecule has 1 fully saturated rings. The maximum atomic E-state index is 13.5. The fourth-order valence-corrected chi connectivity index (χ4v) is 3.03. The first-order valence-electron chi connectivity index (χ1n) is 6.78. The summed E-state index contributed by atoms with van der Waals surface area (Å²) in [5.74, 6) is 1.35. The lowest BCUT2D eigenvalue weighted by Crippen LogP contribution is -2.29. The van der Waals surface area contributed by atoms with Crippen LogP contribution in [0.5, 0.6) is 0 Å². The third kappa shape index (κ3) is 3.47. The Morgan fingerprint density at radius 1 is 1.33 bits per heavy atom. The molecule has 1 saturated carbocycles. The van der Waals surface area contributed by atoms with Crippen LogP contribution in [0, 0.1) is 17.7 Å². The van der Waals surface area contributed by atoms with Crippen LogP contribution < -0.4 is 5.32 Å². The SMILES string of the molecule is CC(C)C1CCCC(Nc2ccc(Br)c(F)c2)C1. The van der Waals surface area contributed by atoms with Gasteiger partial charge < -0.3 is 5.32 Å². The van der Waals surface area contributed by atoms with Crippen molar-refractivity contribution in [3.05, 3.63) is 28.5 Å². The van der Waals surface area contributed by atoms with Gasteiger partial charge in [0.05, 0.1) is 4.47 Å². The minimum atomic E-state index is -0.198. The second-order valence-corrected chi connectivity index (χ2v) is 6.50. The molecule has 0 bridgehead atoms. The summed E-state index contributed by atoms with van der Waals surface area (Å²) in [5.41, 5.74) is 0.894. The topological polar surface area (TPSA) is 12.0 Å². The molecule has 2 atom stereocenters. The van der Waals surface area contributed by atoms with Crippen LogP contribution in [-0.4, -0.2) is 6.04 Å². The molecule has 1 aliphatic carbocycles. The second-order valence-electron chi connectivity index (χ2n) is 5.64. The summed E-state index contributed by atoms with van der Waals surface area (Å²) in [4.78, 5) is 0. The Labute approximate surface area is 117 Å². The van der Waals surface area contributed by atoms with E-state index < -0.39 is 0 Å². The van der Waals surface area contributed by atoms with Crippen molar-refractivity contribution in [3.8, 4) is 0 Å². The molecule has 100 valence electrons. The largest absolute Gasteiger partial charge is 0.382 e. The van der Waals surface area contributed by atoms with Crippen molar-refractivity contribution in [3.63, 3.8) is 0 Å². The number of hydrogen-bond donors (Lipinski definition) is 1. The van der Waals surface area contributed by atoms with Crippen LogP contribution in [0.3, 0.4) is 0 Å². The van der Waals surface area contributed by atoms with Gasteiger partial charge in [-0.25, -0.2) is 4.39 Å². The van der Waals surface area contributed by atoms with E-state index in [0.29, 0.717) is 10.5 Å². The molecular weight excluding hydrogens is 293 g/mol. The lowest BCUT2D eigenvalue weighted by Gasteiger charge is -2.32. The van der Waals surface area contributed by atoms with Crippen LogP contribution >= 0.6 is 15.9 Å². The highest BCUT2D eigenvalue weighted by molar-refractivity contribution is 9.10. The molecule has 1 aromatic rings. The third-order valence-electron chi connectivity index (χ3n) is 3.95. The van der Waals surface area contributed by atoms with Crippen molar-refractivity contribution < 1.29 is 4.39 Å². The monoisotopic (exact) mass is 313 g/mol.